The SMILES string of the molecule is Cc1[nH]c(=O)c(C(=O)NC2CCCC2)cc1Br. The second kappa shape index (κ2) is 5.04. The fraction of sp³-hybridized carbons (Fsp3) is 0.500. The summed E-state index contributed by atoms with van der Waals surface area (Å²) in [7, 11) is 0. The standard InChI is InChI=1S/C12H15BrN2O2/c1-7-10(13)6-9(11(16)14-7)12(17)15-8-4-2-3-5-8/h6,8H,2-5H2,1H3,(H,14,16)(H,15,17). The van der Waals surface area contributed by atoms with Gasteiger partial charge in [0.25, 0.3) is 11.5 Å². The van der Waals surface area contributed by atoms with Crippen molar-refractivity contribution in [3.05, 3.63) is 32.2 Å². The molecule has 1 aromatic heterocycles. The van der Waals surface area contributed by atoms with Crippen LogP contribution >= 0.6 is 15.9 Å². The molecule has 5 heteroatoms. The van der Waals surface area contributed by atoms with Gasteiger partial charge in [-0.2, -0.15) is 0 Å². The second-order valence-corrected chi connectivity index (χ2v) is 5.29. The number of nitrogens with one attached hydrogen (secondary N) is 2. The first-order valence-electron chi connectivity index (χ1n) is 5.78. The van der Waals surface area contributed by atoms with Gasteiger partial charge in [0.1, 0.15) is 5.56 Å². The molecular weight excluding hydrogens is 284 g/mol. The molecule has 0 aromatic carbocycles. The largest absolute Gasteiger partial charge is 0.349 e. The van der Waals surface area contributed by atoms with Gasteiger partial charge in [-0.1, -0.05) is 12.8 Å². The first kappa shape index (κ1) is 12.4. The van der Waals surface area contributed by atoms with Crippen LogP contribution in [-0.2, 0) is 0 Å². The van der Waals surface area contributed by atoms with Crippen molar-refractivity contribution >= 4 is 21.8 Å². The number of amides is 1. The summed E-state index contributed by atoms with van der Waals surface area (Å²) >= 11 is 3.31. The number of H-pyrrole nitrogens is 1. The zero-order valence-electron chi connectivity index (χ0n) is 9.68. The predicted molar refractivity (Wildman–Crippen MR) is 69.2 cm³/mol. The highest BCUT2D eigenvalue weighted by Gasteiger charge is 2.20. The van der Waals surface area contributed by atoms with E-state index in [1.54, 1.807) is 13.0 Å². The Labute approximate surface area is 108 Å². The third-order valence-electron chi connectivity index (χ3n) is 3.11. The zero-order valence-corrected chi connectivity index (χ0v) is 11.3. The van der Waals surface area contributed by atoms with Crippen molar-refractivity contribution in [3.8, 4) is 0 Å². The quantitative estimate of drug-likeness (QED) is 0.878. The van der Waals surface area contributed by atoms with Crippen LogP contribution in [0.15, 0.2) is 15.3 Å². The summed E-state index contributed by atoms with van der Waals surface area (Å²) in [6.45, 7) is 1.78. The van der Waals surface area contributed by atoms with E-state index in [0.717, 1.165) is 35.8 Å². The lowest BCUT2D eigenvalue weighted by atomic mass is 10.2. The Kier molecular flexibility index (Phi) is 3.66. The maximum Gasteiger partial charge on any atom is 0.261 e. The Hall–Kier alpha value is -1.10. The maximum absolute atomic E-state index is 11.9. The van der Waals surface area contributed by atoms with E-state index in [-0.39, 0.29) is 23.1 Å². The van der Waals surface area contributed by atoms with E-state index in [2.05, 4.69) is 26.2 Å². The molecule has 17 heavy (non-hydrogen) atoms. The molecule has 0 bridgehead atoms. The minimum Gasteiger partial charge on any atom is -0.349 e. The summed E-state index contributed by atoms with van der Waals surface area (Å²) in [6, 6.07) is 1.81. The van der Waals surface area contributed by atoms with Gasteiger partial charge >= 0.3 is 0 Å². The molecule has 1 aromatic rings. The molecule has 1 saturated carbocycles. The number of aryl methyl sites for hydroxylation is 1. The molecule has 1 aliphatic carbocycles. The summed E-state index contributed by atoms with van der Waals surface area (Å²) in [5.74, 6) is -0.279. The Morgan fingerprint density at radius 1 is 1.47 bits per heavy atom. The maximum atomic E-state index is 11.9. The fourth-order valence-corrected chi connectivity index (χ4v) is 2.43. The topological polar surface area (TPSA) is 62.0 Å². The first-order chi connectivity index (χ1) is 8.08. The number of carbonyl (C=O) groups is 1. The molecule has 92 valence electrons. The third-order valence-corrected chi connectivity index (χ3v) is 3.93. The van der Waals surface area contributed by atoms with Crippen LogP contribution in [-0.4, -0.2) is 16.9 Å². The number of aromatic amines is 1. The van der Waals surface area contributed by atoms with Crippen LogP contribution in [0.25, 0.3) is 0 Å². The van der Waals surface area contributed by atoms with Gasteiger partial charge in [-0.15, -0.1) is 0 Å². The van der Waals surface area contributed by atoms with Gasteiger partial charge in [0.2, 0.25) is 0 Å². The van der Waals surface area contributed by atoms with Crippen LogP contribution in [0.5, 0.6) is 0 Å². The van der Waals surface area contributed by atoms with Crippen molar-refractivity contribution in [1.82, 2.24) is 10.3 Å². The third kappa shape index (κ3) is 2.77. The van der Waals surface area contributed by atoms with Crippen molar-refractivity contribution in [2.75, 3.05) is 0 Å². The summed E-state index contributed by atoms with van der Waals surface area (Å²) in [5.41, 5.74) is 0.572. The summed E-state index contributed by atoms with van der Waals surface area (Å²) in [4.78, 5) is 26.3. The predicted octanol–water partition coefficient (Wildman–Crippen LogP) is 2.12. The van der Waals surface area contributed by atoms with Crippen LogP contribution < -0.4 is 10.9 Å². The molecule has 0 saturated heterocycles. The summed E-state index contributed by atoms with van der Waals surface area (Å²) in [6.07, 6.45) is 4.32. The van der Waals surface area contributed by atoms with Crippen LogP contribution in [0.2, 0.25) is 0 Å². The van der Waals surface area contributed by atoms with Crippen molar-refractivity contribution < 1.29 is 4.79 Å². The monoisotopic (exact) mass is 298 g/mol. The number of halogens is 1. The Bertz CT molecular complexity index is 490. The lowest BCUT2D eigenvalue weighted by molar-refractivity contribution is 0.0936. The molecule has 0 unspecified atom stereocenters. The van der Waals surface area contributed by atoms with Gasteiger partial charge in [-0.05, 0) is 41.8 Å². The van der Waals surface area contributed by atoms with Gasteiger partial charge in [0.05, 0.1) is 0 Å². The Morgan fingerprint density at radius 3 is 2.76 bits per heavy atom. The van der Waals surface area contributed by atoms with Crippen LogP contribution in [0, 0.1) is 6.92 Å². The van der Waals surface area contributed by atoms with Crippen molar-refractivity contribution in [2.24, 2.45) is 0 Å². The highest BCUT2D eigenvalue weighted by molar-refractivity contribution is 9.10. The van der Waals surface area contributed by atoms with Gasteiger partial charge in [-0.25, -0.2) is 0 Å². The van der Waals surface area contributed by atoms with E-state index in [0.29, 0.717) is 0 Å². The van der Waals surface area contributed by atoms with Crippen LogP contribution in [0.3, 0.4) is 0 Å². The molecule has 0 atom stereocenters. The van der Waals surface area contributed by atoms with E-state index in [1.807, 2.05) is 0 Å². The van der Waals surface area contributed by atoms with Gasteiger partial charge in [0.15, 0.2) is 0 Å². The lowest BCUT2D eigenvalue weighted by Gasteiger charge is -2.11. The summed E-state index contributed by atoms with van der Waals surface area (Å²) < 4.78 is 0.744. The number of hydrogen-bond donors (Lipinski definition) is 2. The van der Waals surface area contributed by atoms with Crippen LogP contribution in [0.1, 0.15) is 41.7 Å². The number of aromatic nitrogens is 1. The summed E-state index contributed by atoms with van der Waals surface area (Å²) in [5, 5.41) is 2.90. The highest BCUT2D eigenvalue weighted by atomic mass is 79.9. The van der Waals surface area contributed by atoms with Crippen molar-refractivity contribution in [3.63, 3.8) is 0 Å². The van der Waals surface area contributed by atoms with E-state index in [4.69, 9.17) is 0 Å². The molecule has 1 amide bonds. The molecule has 0 aliphatic heterocycles. The van der Waals surface area contributed by atoms with Gasteiger partial charge < -0.3 is 10.3 Å². The van der Waals surface area contributed by atoms with Crippen molar-refractivity contribution in [1.29, 1.82) is 0 Å². The van der Waals surface area contributed by atoms with E-state index in [1.165, 1.54) is 0 Å². The molecule has 1 fully saturated rings. The first-order valence-corrected chi connectivity index (χ1v) is 6.57. The average Bonchev–Trinajstić information content (AvgIpc) is 2.76. The van der Waals surface area contributed by atoms with Gasteiger partial charge in [0, 0.05) is 16.2 Å². The second-order valence-electron chi connectivity index (χ2n) is 4.44. The minimum atomic E-state index is -0.332. The lowest BCUT2D eigenvalue weighted by Crippen LogP contribution is -2.36. The molecule has 4 nitrogen and oxygen atoms in total. The fourth-order valence-electron chi connectivity index (χ4n) is 2.10. The normalized spacial score (nSPS) is 16.1. The Balaban J connectivity index is 2.18. The molecule has 0 radical (unpaired) electrons. The molecule has 1 heterocycles. The van der Waals surface area contributed by atoms with Gasteiger partial charge in [-0.3, -0.25) is 9.59 Å². The molecule has 0 spiro atoms. The molecule has 2 N–H and O–H groups in total. The van der Waals surface area contributed by atoms with E-state index in [9.17, 15) is 9.59 Å². The number of carbonyl (C=O) groups excluding carboxylic acids is 1. The highest BCUT2D eigenvalue weighted by Crippen LogP contribution is 2.18. The van der Waals surface area contributed by atoms with Crippen LogP contribution in [0.4, 0.5) is 0 Å². The minimum absolute atomic E-state index is 0.175. The number of pyridine rings is 1. The zero-order chi connectivity index (χ0) is 12.4. The Morgan fingerprint density at radius 2 is 2.12 bits per heavy atom. The van der Waals surface area contributed by atoms with E-state index < -0.39 is 0 Å². The molecular formula is C12H15BrN2O2. The van der Waals surface area contributed by atoms with Crippen molar-refractivity contribution in [2.45, 2.75) is 38.6 Å². The number of hydrogen-bond acceptors (Lipinski definition) is 2. The number of rotatable bonds is 2. The van der Waals surface area contributed by atoms with E-state index >= 15 is 0 Å². The average molecular weight is 299 g/mol. The smallest absolute Gasteiger partial charge is 0.261 e. The molecule has 2 rings (SSSR count). The molecule has 1 aliphatic rings.